The second-order valence-electron chi connectivity index (χ2n) is 7.85. The molecule has 0 saturated carbocycles. The zero-order chi connectivity index (χ0) is 24.8. The molecule has 2 unspecified atom stereocenters. The molecule has 1 aromatic carbocycles. The zero-order valence-corrected chi connectivity index (χ0v) is 22.8. The summed E-state index contributed by atoms with van der Waals surface area (Å²) in [6.07, 6.45) is 11.9. The van der Waals surface area contributed by atoms with Crippen molar-refractivity contribution in [1.82, 2.24) is 10.2 Å². The number of benzene rings is 1. The summed E-state index contributed by atoms with van der Waals surface area (Å²) >= 11 is 0. The topological polar surface area (TPSA) is 41.6 Å². The van der Waals surface area contributed by atoms with Crippen LogP contribution in [0.25, 0.3) is 5.31 Å². The van der Waals surface area contributed by atoms with Gasteiger partial charge in [0.15, 0.2) is 0 Å². The average Bonchev–Trinajstić information content (AvgIpc) is 2.85. The molecule has 0 fully saturated rings. The molecule has 0 aromatic heterocycles. The number of nitrogens with one attached hydrogen (secondary N) is 1. The predicted octanol–water partition coefficient (Wildman–Crippen LogP) is 7.03. The van der Waals surface area contributed by atoms with Crippen LogP contribution in [0, 0.1) is 6.92 Å². The van der Waals surface area contributed by atoms with Crippen LogP contribution in [0.2, 0.25) is 0 Å². The summed E-state index contributed by atoms with van der Waals surface area (Å²) < 4.78 is 5.39. The Morgan fingerprint density at radius 1 is 1.27 bits per heavy atom. The van der Waals surface area contributed by atoms with E-state index in [0.29, 0.717) is 8.58 Å². The smallest absolute Gasteiger partial charge is 0.214 e. The Morgan fingerprint density at radius 3 is 2.48 bits per heavy atom. The van der Waals surface area contributed by atoms with Crippen LogP contribution in [0.4, 0.5) is 0 Å². The van der Waals surface area contributed by atoms with Crippen molar-refractivity contribution >= 4 is 20.3 Å². The van der Waals surface area contributed by atoms with Gasteiger partial charge in [0.05, 0.1) is 12.9 Å². The van der Waals surface area contributed by atoms with Crippen molar-refractivity contribution < 1.29 is 9.53 Å². The quantitative estimate of drug-likeness (QED) is 0.358. The van der Waals surface area contributed by atoms with Gasteiger partial charge in [-0.15, -0.1) is 0 Å². The van der Waals surface area contributed by atoms with Crippen molar-refractivity contribution in [1.29, 1.82) is 0 Å². The lowest BCUT2D eigenvalue weighted by atomic mass is 9.97. The molecular weight excluding hydrogens is 427 g/mol. The molecule has 0 radical (unpaired) electrons. The summed E-state index contributed by atoms with van der Waals surface area (Å²) in [6, 6.07) is 6.28. The van der Waals surface area contributed by atoms with Crippen molar-refractivity contribution in [3.8, 4) is 5.75 Å². The molecule has 1 amide bonds. The highest BCUT2D eigenvalue weighted by molar-refractivity contribution is 7.51. The normalized spacial score (nSPS) is 18.3. The minimum absolute atomic E-state index is 0.0668. The Bertz CT molecular complexity index is 884. The van der Waals surface area contributed by atoms with E-state index in [1.807, 2.05) is 31.0 Å². The maximum Gasteiger partial charge on any atom is 0.214 e. The van der Waals surface area contributed by atoms with Gasteiger partial charge in [0.2, 0.25) is 6.41 Å². The zero-order valence-electron chi connectivity index (χ0n) is 21.8. The van der Waals surface area contributed by atoms with Crippen LogP contribution in [-0.2, 0) is 4.79 Å². The van der Waals surface area contributed by atoms with E-state index in [1.54, 1.807) is 7.11 Å². The van der Waals surface area contributed by atoms with Gasteiger partial charge in [0.25, 0.3) is 0 Å². The van der Waals surface area contributed by atoms with E-state index in [4.69, 9.17) is 4.74 Å². The van der Waals surface area contributed by atoms with Crippen LogP contribution in [-0.4, -0.2) is 37.3 Å². The lowest BCUT2D eigenvalue weighted by Crippen LogP contribution is -2.30. The first-order valence-corrected chi connectivity index (χ1v) is 13.2. The van der Waals surface area contributed by atoms with E-state index in [0.717, 1.165) is 42.8 Å². The fourth-order valence-electron chi connectivity index (χ4n) is 3.70. The first kappa shape index (κ1) is 28.9. The number of ether oxygens (including phenoxy) is 1. The maximum atomic E-state index is 11.9. The van der Waals surface area contributed by atoms with Gasteiger partial charge in [-0.25, -0.2) is 0 Å². The largest absolute Gasteiger partial charge is 0.496 e. The number of rotatable bonds is 6. The van der Waals surface area contributed by atoms with Gasteiger partial charge >= 0.3 is 0 Å². The molecule has 0 aliphatic carbocycles. The van der Waals surface area contributed by atoms with E-state index in [2.05, 4.69) is 70.3 Å². The van der Waals surface area contributed by atoms with Crippen molar-refractivity contribution in [3.63, 3.8) is 0 Å². The summed E-state index contributed by atoms with van der Waals surface area (Å²) in [5, 5.41) is 4.60. The molecule has 2 aliphatic heterocycles. The van der Waals surface area contributed by atoms with Crippen LogP contribution >= 0.6 is 8.58 Å². The molecule has 5 heteroatoms. The van der Waals surface area contributed by atoms with Crippen molar-refractivity contribution in [2.75, 3.05) is 20.2 Å². The van der Waals surface area contributed by atoms with Crippen LogP contribution in [0.15, 0.2) is 59.3 Å². The highest BCUT2D eigenvalue weighted by Gasteiger charge is 2.25. The molecule has 33 heavy (non-hydrogen) atoms. The van der Waals surface area contributed by atoms with Gasteiger partial charge in [-0.3, -0.25) is 4.79 Å². The number of carbonyl (C=O) groups excluding carboxylic acids is 1. The molecule has 0 spiro atoms. The Morgan fingerprint density at radius 2 is 1.97 bits per heavy atom. The average molecular weight is 471 g/mol. The van der Waals surface area contributed by atoms with Crippen LogP contribution in [0.3, 0.4) is 0 Å². The summed E-state index contributed by atoms with van der Waals surface area (Å²) in [6.45, 7) is 16.4. The highest BCUT2D eigenvalue weighted by atomic mass is 31.1. The van der Waals surface area contributed by atoms with Gasteiger partial charge in [-0.05, 0) is 79.0 Å². The molecule has 182 valence electrons. The van der Waals surface area contributed by atoms with E-state index in [-0.39, 0.29) is 5.78 Å². The molecule has 1 aromatic rings. The molecule has 0 saturated heterocycles. The van der Waals surface area contributed by atoms with E-state index in [1.165, 1.54) is 28.4 Å². The molecule has 1 N–H and O–H groups in total. The number of methoxy groups -OCH3 is 1. The number of carbonyl (C=O) groups is 1. The molecule has 4 nitrogen and oxygen atoms in total. The standard InChI is InChI=1S/C23H29N2O2P.C3H8.C2H6/c1-5-22(19-6-7-21(27-4)16(2)12-19)28-23-17(3)13-20(14-25(23)15-26)18-8-10-24-11-9-18;1-3-2;1-2/h5-8,12-15,23-24,28H,9-11H2,1-4H3;3H2,1-2H3;1-2H3/b22-5-;;. The number of hydrogen-bond acceptors (Lipinski definition) is 3. The van der Waals surface area contributed by atoms with Gasteiger partial charge in [-0.2, -0.15) is 0 Å². The van der Waals surface area contributed by atoms with Gasteiger partial charge in [0.1, 0.15) is 5.75 Å². The number of amides is 1. The molecule has 2 aliphatic rings. The molecular formula is C28H43N2O2P. The molecule has 0 bridgehead atoms. The van der Waals surface area contributed by atoms with Crippen molar-refractivity contribution in [2.24, 2.45) is 0 Å². The first-order chi connectivity index (χ1) is 16.0. The molecule has 2 heterocycles. The Kier molecular flexibility index (Phi) is 13.7. The van der Waals surface area contributed by atoms with Crippen LogP contribution in [0.1, 0.15) is 65.5 Å². The minimum atomic E-state index is 0.0668. The summed E-state index contributed by atoms with van der Waals surface area (Å²) in [5.41, 5.74) is 6.02. The predicted molar refractivity (Wildman–Crippen MR) is 146 cm³/mol. The lowest BCUT2D eigenvalue weighted by molar-refractivity contribution is -0.116. The van der Waals surface area contributed by atoms with Crippen molar-refractivity contribution in [2.45, 2.75) is 67.1 Å². The van der Waals surface area contributed by atoms with Crippen molar-refractivity contribution in [3.05, 3.63) is 70.5 Å². The lowest BCUT2D eigenvalue weighted by Gasteiger charge is -2.32. The third kappa shape index (κ3) is 8.28. The van der Waals surface area contributed by atoms with Crippen LogP contribution in [0.5, 0.6) is 5.75 Å². The van der Waals surface area contributed by atoms with Gasteiger partial charge < -0.3 is 15.0 Å². The summed E-state index contributed by atoms with van der Waals surface area (Å²) in [4.78, 5) is 13.7. The monoisotopic (exact) mass is 470 g/mol. The van der Waals surface area contributed by atoms with E-state index < -0.39 is 0 Å². The van der Waals surface area contributed by atoms with E-state index >= 15 is 0 Å². The molecule has 2 atom stereocenters. The third-order valence-corrected chi connectivity index (χ3v) is 7.16. The third-order valence-electron chi connectivity index (χ3n) is 5.24. The maximum absolute atomic E-state index is 11.9. The summed E-state index contributed by atoms with van der Waals surface area (Å²) in [5.74, 6) is 0.964. The molecule has 3 rings (SSSR count). The SMILES string of the molecule is C/C=C(\PC1C(C)=CC(C2=CCNCC2)=CN1C=O)c1ccc(OC)c(C)c1.CC.CCC. The number of allylic oxidation sites excluding steroid dienone is 3. The second kappa shape index (κ2) is 15.6. The Labute approximate surface area is 203 Å². The number of nitrogens with zero attached hydrogens (tertiary/aromatic N) is 1. The number of aryl methyl sites for hydroxylation is 1. The van der Waals surface area contributed by atoms with Gasteiger partial charge in [-0.1, -0.05) is 67.0 Å². The Balaban J connectivity index is 0.00000101. The fraction of sp³-hybridized carbons (Fsp3) is 0.464. The highest BCUT2D eigenvalue weighted by Crippen LogP contribution is 2.44. The summed E-state index contributed by atoms with van der Waals surface area (Å²) in [7, 11) is 2.18. The number of hydrogen-bond donors (Lipinski definition) is 1. The first-order valence-electron chi connectivity index (χ1n) is 12.1. The second-order valence-corrected chi connectivity index (χ2v) is 9.22. The van der Waals surface area contributed by atoms with E-state index in [9.17, 15) is 4.79 Å². The minimum Gasteiger partial charge on any atom is -0.496 e. The van der Waals surface area contributed by atoms with Gasteiger partial charge in [0, 0.05) is 12.7 Å². The Hall–Kier alpha value is -2.16. The fourth-order valence-corrected chi connectivity index (χ4v) is 5.08. The van der Waals surface area contributed by atoms with Crippen LogP contribution < -0.4 is 10.1 Å².